The molecule has 1 fully saturated rings. The molecule has 1 aliphatic heterocycles. The Kier molecular flexibility index (Phi) is 4.67. The highest BCUT2D eigenvalue weighted by Crippen LogP contribution is 2.26. The van der Waals surface area contributed by atoms with Crippen LogP contribution in [0.5, 0.6) is 0 Å². The quantitative estimate of drug-likeness (QED) is 0.839. The van der Waals surface area contributed by atoms with Crippen LogP contribution < -0.4 is 4.72 Å². The number of ether oxygens (including phenoxy) is 2. The van der Waals surface area contributed by atoms with E-state index in [1.807, 2.05) is 0 Å². The molecular formula is C15H19FN2O4S. The van der Waals surface area contributed by atoms with Crippen molar-refractivity contribution in [3.05, 3.63) is 30.2 Å². The molecule has 1 aliphatic rings. The molecule has 2 atom stereocenters. The van der Waals surface area contributed by atoms with Crippen molar-refractivity contribution in [2.45, 2.75) is 29.9 Å². The van der Waals surface area contributed by atoms with Gasteiger partial charge in [0.05, 0.1) is 24.1 Å². The van der Waals surface area contributed by atoms with Crippen LogP contribution in [-0.2, 0) is 19.5 Å². The maximum atomic E-state index is 14.0. The molecule has 2 heterocycles. The van der Waals surface area contributed by atoms with Gasteiger partial charge in [0.25, 0.3) is 0 Å². The molecule has 3 rings (SSSR count). The number of sulfonamides is 1. The second kappa shape index (κ2) is 6.56. The summed E-state index contributed by atoms with van der Waals surface area (Å²) in [6.07, 6.45) is 2.71. The van der Waals surface area contributed by atoms with E-state index >= 15 is 0 Å². The van der Waals surface area contributed by atoms with Crippen LogP contribution in [0.15, 0.2) is 29.3 Å². The van der Waals surface area contributed by atoms with Crippen molar-refractivity contribution in [3.63, 3.8) is 0 Å². The summed E-state index contributed by atoms with van der Waals surface area (Å²) in [6.45, 7) is 0.795. The average Bonchev–Trinajstić information content (AvgIpc) is 3.17. The fourth-order valence-corrected chi connectivity index (χ4v) is 4.34. The van der Waals surface area contributed by atoms with Crippen LogP contribution in [0, 0.1) is 5.82 Å². The summed E-state index contributed by atoms with van der Waals surface area (Å²) >= 11 is 0. The SMILES string of the molecule is COC[C@@H](NS(=O)(=O)c1c[nH]c2cccc(F)c12)[C@H]1CCCO1. The number of H-pyrrole nitrogens is 1. The molecule has 6 nitrogen and oxygen atoms in total. The van der Waals surface area contributed by atoms with Crippen LogP contribution in [0.4, 0.5) is 4.39 Å². The smallest absolute Gasteiger partial charge is 0.243 e. The zero-order valence-electron chi connectivity index (χ0n) is 12.7. The molecule has 0 unspecified atom stereocenters. The summed E-state index contributed by atoms with van der Waals surface area (Å²) < 4.78 is 52.7. The number of halogens is 1. The predicted molar refractivity (Wildman–Crippen MR) is 83.2 cm³/mol. The molecule has 0 saturated carbocycles. The lowest BCUT2D eigenvalue weighted by Gasteiger charge is -2.23. The monoisotopic (exact) mass is 342 g/mol. The minimum absolute atomic E-state index is 0.0588. The predicted octanol–water partition coefficient (Wildman–Crippen LogP) is 1.78. The molecule has 1 saturated heterocycles. The van der Waals surface area contributed by atoms with Gasteiger partial charge in [0.2, 0.25) is 10.0 Å². The van der Waals surface area contributed by atoms with Gasteiger partial charge in [0, 0.05) is 25.4 Å². The Morgan fingerprint density at radius 2 is 2.35 bits per heavy atom. The van der Waals surface area contributed by atoms with E-state index in [0.717, 1.165) is 12.8 Å². The normalized spacial score (nSPS) is 20.2. The van der Waals surface area contributed by atoms with E-state index in [9.17, 15) is 12.8 Å². The standard InChI is InChI=1S/C15H19FN2O4S/c1-21-9-12(13-6-3-7-22-13)18-23(19,20)14-8-17-11-5-2-4-10(16)15(11)14/h2,4-5,8,12-13,17-18H,3,6-7,9H2,1H3/t12-,13-/m1/s1. The summed E-state index contributed by atoms with van der Waals surface area (Å²) in [5.74, 6) is -0.579. The molecule has 0 spiro atoms. The number of aromatic nitrogens is 1. The molecule has 1 aromatic heterocycles. The maximum Gasteiger partial charge on any atom is 0.243 e. The summed E-state index contributed by atoms with van der Waals surface area (Å²) in [6, 6.07) is 3.88. The lowest BCUT2D eigenvalue weighted by atomic mass is 10.1. The number of aromatic amines is 1. The van der Waals surface area contributed by atoms with Gasteiger partial charge in [0.15, 0.2) is 0 Å². The maximum absolute atomic E-state index is 14.0. The Bertz CT molecular complexity index is 784. The first-order valence-corrected chi connectivity index (χ1v) is 8.89. The van der Waals surface area contributed by atoms with E-state index < -0.39 is 21.9 Å². The van der Waals surface area contributed by atoms with Crippen molar-refractivity contribution < 1.29 is 22.3 Å². The second-order valence-corrected chi connectivity index (χ2v) is 7.23. The fraction of sp³-hybridized carbons (Fsp3) is 0.467. The summed E-state index contributed by atoms with van der Waals surface area (Å²) in [4.78, 5) is 2.68. The fourth-order valence-electron chi connectivity index (χ4n) is 2.90. The third-order valence-corrected chi connectivity index (χ3v) is 5.49. The van der Waals surface area contributed by atoms with E-state index in [4.69, 9.17) is 9.47 Å². The summed E-state index contributed by atoms with van der Waals surface area (Å²) in [7, 11) is -2.40. The van der Waals surface area contributed by atoms with Gasteiger partial charge in [-0.1, -0.05) is 6.07 Å². The molecule has 8 heteroatoms. The van der Waals surface area contributed by atoms with Gasteiger partial charge in [0.1, 0.15) is 10.7 Å². The van der Waals surface area contributed by atoms with Crippen LogP contribution in [0.1, 0.15) is 12.8 Å². The number of hydrogen-bond acceptors (Lipinski definition) is 4. The number of hydrogen-bond donors (Lipinski definition) is 2. The van der Waals surface area contributed by atoms with E-state index in [1.54, 1.807) is 6.07 Å². The lowest BCUT2D eigenvalue weighted by Crippen LogP contribution is -2.45. The summed E-state index contributed by atoms with van der Waals surface area (Å²) in [5, 5.41) is 0.0588. The second-order valence-electron chi connectivity index (χ2n) is 5.55. The lowest BCUT2D eigenvalue weighted by molar-refractivity contribution is 0.0515. The topological polar surface area (TPSA) is 80.4 Å². The molecule has 23 heavy (non-hydrogen) atoms. The van der Waals surface area contributed by atoms with Gasteiger partial charge in [-0.05, 0) is 25.0 Å². The number of nitrogens with one attached hydrogen (secondary N) is 2. The number of rotatable bonds is 6. The van der Waals surface area contributed by atoms with E-state index in [-0.39, 0.29) is 23.0 Å². The molecule has 126 valence electrons. The number of methoxy groups -OCH3 is 1. The van der Waals surface area contributed by atoms with Crippen molar-refractivity contribution in [3.8, 4) is 0 Å². The average molecular weight is 342 g/mol. The van der Waals surface area contributed by atoms with Crippen LogP contribution in [-0.4, -0.2) is 45.9 Å². The Hall–Kier alpha value is -1.48. The first-order valence-electron chi connectivity index (χ1n) is 7.41. The van der Waals surface area contributed by atoms with Crippen LogP contribution in [0.2, 0.25) is 0 Å². The van der Waals surface area contributed by atoms with E-state index in [1.165, 1.54) is 25.4 Å². The van der Waals surface area contributed by atoms with E-state index in [0.29, 0.717) is 12.1 Å². The minimum atomic E-state index is -3.91. The van der Waals surface area contributed by atoms with Crippen molar-refractivity contribution in [1.29, 1.82) is 0 Å². The largest absolute Gasteiger partial charge is 0.383 e. The molecule has 2 aromatic rings. The van der Waals surface area contributed by atoms with Gasteiger partial charge in [-0.3, -0.25) is 0 Å². The Morgan fingerprint density at radius 3 is 3.04 bits per heavy atom. The van der Waals surface area contributed by atoms with Crippen LogP contribution >= 0.6 is 0 Å². The van der Waals surface area contributed by atoms with Crippen LogP contribution in [0.3, 0.4) is 0 Å². The Labute approximate surface area is 134 Å². The molecule has 0 bridgehead atoms. The third kappa shape index (κ3) is 3.25. The van der Waals surface area contributed by atoms with Gasteiger partial charge in [-0.15, -0.1) is 0 Å². The van der Waals surface area contributed by atoms with Gasteiger partial charge < -0.3 is 14.5 Å². The van der Waals surface area contributed by atoms with Crippen molar-refractivity contribution in [1.82, 2.24) is 9.71 Å². The van der Waals surface area contributed by atoms with E-state index in [2.05, 4.69) is 9.71 Å². The molecule has 0 radical (unpaired) electrons. The Balaban J connectivity index is 1.93. The first-order chi connectivity index (χ1) is 11.0. The highest BCUT2D eigenvalue weighted by Gasteiger charge is 2.31. The highest BCUT2D eigenvalue weighted by molar-refractivity contribution is 7.89. The molecule has 0 aliphatic carbocycles. The van der Waals surface area contributed by atoms with Crippen molar-refractivity contribution in [2.75, 3.05) is 20.3 Å². The molecular weight excluding hydrogens is 323 g/mol. The molecule has 2 N–H and O–H groups in total. The van der Waals surface area contributed by atoms with Crippen molar-refractivity contribution >= 4 is 20.9 Å². The molecule has 0 amide bonds. The zero-order chi connectivity index (χ0) is 16.4. The Morgan fingerprint density at radius 1 is 1.52 bits per heavy atom. The number of fused-ring (bicyclic) bond motifs is 1. The molecule has 1 aromatic carbocycles. The third-order valence-electron chi connectivity index (χ3n) is 3.97. The van der Waals surface area contributed by atoms with Crippen molar-refractivity contribution in [2.24, 2.45) is 0 Å². The van der Waals surface area contributed by atoms with Crippen LogP contribution in [0.25, 0.3) is 10.9 Å². The minimum Gasteiger partial charge on any atom is -0.383 e. The first kappa shape index (κ1) is 16.4. The zero-order valence-corrected chi connectivity index (χ0v) is 13.5. The van der Waals surface area contributed by atoms with Gasteiger partial charge in [-0.25, -0.2) is 17.5 Å². The highest BCUT2D eigenvalue weighted by atomic mass is 32.2. The summed E-state index contributed by atoms with van der Waals surface area (Å²) in [5.41, 5.74) is 0.436. The van der Waals surface area contributed by atoms with Gasteiger partial charge >= 0.3 is 0 Å². The van der Waals surface area contributed by atoms with Gasteiger partial charge in [-0.2, -0.15) is 0 Å². The number of benzene rings is 1.